The first-order chi connectivity index (χ1) is 12.0. The van der Waals surface area contributed by atoms with Crippen LogP contribution in [0.5, 0.6) is 11.5 Å². The van der Waals surface area contributed by atoms with Gasteiger partial charge in [0.1, 0.15) is 17.6 Å². The summed E-state index contributed by atoms with van der Waals surface area (Å²) in [4.78, 5) is 27.5. The van der Waals surface area contributed by atoms with Gasteiger partial charge in [-0.05, 0) is 25.0 Å². The van der Waals surface area contributed by atoms with Gasteiger partial charge in [0.25, 0.3) is 0 Å². The minimum absolute atomic E-state index is 0.126. The van der Waals surface area contributed by atoms with Crippen LogP contribution in [-0.4, -0.2) is 29.9 Å². The Morgan fingerprint density at radius 1 is 1.32 bits per heavy atom. The van der Waals surface area contributed by atoms with E-state index >= 15 is 0 Å². The summed E-state index contributed by atoms with van der Waals surface area (Å²) in [5, 5.41) is 4.75. The Hall–Kier alpha value is -2.48. The third kappa shape index (κ3) is 3.96. The molecule has 1 saturated carbocycles. The number of amides is 1. The van der Waals surface area contributed by atoms with Crippen LogP contribution in [0.1, 0.15) is 30.3 Å². The SMILES string of the molecule is COc1cc(F)ccc1OC1CC(C(=O)Nc2nc(C(C)=O)cs2)C1. The van der Waals surface area contributed by atoms with Gasteiger partial charge < -0.3 is 14.8 Å². The third-order valence-corrected chi connectivity index (χ3v) is 4.74. The largest absolute Gasteiger partial charge is 0.493 e. The number of carbonyl (C=O) groups excluding carboxylic acids is 2. The maximum absolute atomic E-state index is 13.2. The molecule has 0 saturated heterocycles. The molecule has 0 atom stereocenters. The maximum atomic E-state index is 13.2. The molecule has 0 bridgehead atoms. The van der Waals surface area contributed by atoms with Crippen LogP contribution in [0.15, 0.2) is 23.6 Å². The average Bonchev–Trinajstić information content (AvgIpc) is 3.00. The van der Waals surface area contributed by atoms with Crippen molar-refractivity contribution >= 4 is 28.2 Å². The highest BCUT2D eigenvalue weighted by atomic mass is 32.1. The number of methoxy groups -OCH3 is 1. The molecule has 1 aliphatic carbocycles. The molecule has 1 aliphatic rings. The molecular formula is C17H17FN2O4S. The number of aromatic nitrogens is 1. The number of halogens is 1. The zero-order valence-electron chi connectivity index (χ0n) is 13.7. The molecule has 0 radical (unpaired) electrons. The predicted molar refractivity (Wildman–Crippen MR) is 90.8 cm³/mol. The van der Waals surface area contributed by atoms with E-state index in [9.17, 15) is 14.0 Å². The maximum Gasteiger partial charge on any atom is 0.229 e. The first-order valence-electron chi connectivity index (χ1n) is 7.73. The number of benzene rings is 1. The molecule has 1 fully saturated rings. The molecule has 0 aliphatic heterocycles. The van der Waals surface area contributed by atoms with Crippen molar-refractivity contribution in [1.82, 2.24) is 4.98 Å². The summed E-state index contributed by atoms with van der Waals surface area (Å²) >= 11 is 1.22. The number of hydrogen-bond donors (Lipinski definition) is 1. The summed E-state index contributed by atoms with van der Waals surface area (Å²) in [7, 11) is 1.45. The summed E-state index contributed by atoms with van der Waals surface area (Å²) in [6.07, 6.45) is 0.980. The van der Waals surface area contributed by atoms with Crippen molar-refractivity contribution < 1.29 is 23.5 Å². The predicted octanol–water partition coefficient (Wildman–Crippen LogP) is 3.29. The Bertz CT molecular complexity index is 802. The topological polar surface area (TPSA) is 77.5 Å². The second-order valence-corrected chi connectivity index (χ2v) is 6.64. The zero-order valence-corrected chi connectivity index (χ0v) is 14.6. The summed E-state index contributed by atoms with van der Waals surface area (Å²) in [5.74, 6) is -0.0757. The van der Waals surface area contributed by atoms with E-state index in [1.165, 1.54) is 43.6 Å². The molecule has 25 heavy (non-hydrogen) atoms. The van der Waals surface area contributed by atoms with Crippen molar-refractivity contribution in [3.8, 4) is 11.5 Å². The lowest BCUT2D eigenvalue weighted by Crippen LogP contribution is -2.40. The lowest BCUT2D eigenvalue weighted by atomic mass is 9.81. The molecule has 0 unspecified atom stereocenters. The van der Waals surface area contributed by atoms with Gasteiger partial charge >= 0.3 is 0 Å². The molecule has 6 nitrogen and oxygen atoms in total. The van der Waals surface area contributed by atoms with Crippen molar-refractivity contribution in [2.75, 3.05) is 12.4 Å². The number of ether oxygens (including phenoxy) is 2. The highest BCUT2D eigenvalue weighted by molar-refractivity contribution is 7.14. The molecule has 0 spiro atoms. The van der Waals surface area contributed by atoms with Crippen LogP contribution < -0.4 is 14.8 Å². The van der Waals surface area contributed by atoms with Gasteiger partial charge in [0.15, 0.2) is 22.4 Å². The van der Waals surface area contributed by atoms with Crippen molar-refractivity contribution in [2.24, 2.45) is 5.92 Å². The van der Waals surface area contributed by atoms with Crippen molar-refractivity contribution in [1.29, 1.82) is 0 Å². The van der Waals surface area contributed by atoms with Gasteiger partial charge in [-0.3, -0.25) is 9.59 Å². The third-order valence-electron chi connectivity index (χ3n) is 3.98. The van der Waals surface area contributed by atoms with E-state index < -0.39 is 5.82 Å². The van der Waals surface area contributed by atoms with Gasteiger partial charge in [0.05, 0.1) is 7.11 Å². The summed E-state index contributed by atoms with van der Waals surface area (Å²) < 4.78 is 24.0. The monoisotopic (exact) mass is 364 g/mol. The second kappa shape index (κ2) is 7.18. The highest BCUT2D eigenvalue weighted by Gasteiger charge is 2.37. The number of nitrogens with zero attached hydrogens (tertiary/aromatic N) is 1. The standard InChI is InChI=1S/C17H17FN2O4S/c1-9(21)13-8-25-17(19-13)20-16(22)10-5-12(6-10)24-14-4-3-11(18)7-15(14)23-2/h3-4,7-8,10,12H,5-6H2,1-2H3,(H,19,20,22). The smallest absolute Gasteiger partial charge is 0.229 e. The number of anilines is 1. The van der Waals surface area contributed by atoms with Crippen LogP contribution in [0.4, 0.5) is 9.52 Å². The van der Waals surface area contributed by atoms with Gasteiger partial charge in [0.2, 0.25) is 5.91 Å². The molecule has 1 aromatic carbocycles. The van der Waals surface area contributed by atoms with E-state index in [0.29, 0.717) is 35.2 Å². The van der Waals surface area contributed by atoms with Crippen LogP contribution >= 0.6 is 11.3 Å². The van der Waals surface area contributed by atoms with E-state index in [0.717, 1.165) is 0 Å². The van der Waals surface area contributed by atoms with Gasteiger partial charge in [-0.25, -0.2) is 9.37 Å². The van der Waals surface area contributed by atoms with Crippen LogP contribution in [0.3, 0.4) is 0 Å². The average molecular weight is 364 g/mol. The minimum atomic E-state index is -0.400. The first kappa shape index (κ1) is 17.3. The number of rotatable bonds is 6. The fourth-order valence-corrected chi connectivity index (χ4v) is 3.25. The van der Waals surface area contributed by atoms with E-state index in [-0.39, 0.29) is 23.7 Å². The van der Waals surface area contributed by atoms with Crippen molar-refractivity contribution in [3.05, 3.63) is 35.1 Å². The molecule has 132 valence electrons. The Kier molecular flexibility index (Phi) is 4.98. The second-order valence-electron chi connectivity index (χ2n) is 5.79. The lowest BCUT2D eigenvalue weighted by Gasteiger charge is -2.34. The van der Waals surface area contributed by atoms with Gasteiger partial charge in [-0.2, -0.15) is 0 Å². The fraction of sp³-hybridized carbons (Fsp3) is 0.353. The summed E-state index contributed by atoms with van der Waals surface area (Å²) in [5.41, 5.74) is 0.346. The number of Topliss-reactive ketones (excluding diaryl/α,β-unsaturated/α-hetero) is 1. The normalized spacial score (nSPS) is 19.0. The van der Waals surface area contributed by atoms with Crippen LogP contribution in [0.2, 0.25) is 0 Å². The van der Waals surface area contributed by atoms with Gasteiger partial charge in [-0.1, -0.05) is 0 Å². The summed E-state index contributed by atoms with van der Waals surface area (Å²) in [6, 6.07) is 4.07. The molecular weight excluding hydrogens is 347 g/mol. The molecule has 1 aromatic heterocycles. The molecule has 1 amide bonds. The van der Waals surface area contributed by atoms with Crippen LogP contribution in [0.25, 0.3) is 0 Å². The number of hydrogen-bond acceptors (Lipinski definition) is 6. The zero-order chi connectivity index (χ0) is 18.0. The minimum Gasteiger partial charge on any atom is -0.493 e. The molecule has 1 heterocycles. The molecule has 1 N–H and O–H groups in total. The highest BCUT2D eigenvalue weighted by Crippen LogP contribution is 2.36. The number of thiazole rings is 1. The Morgan fingerprint density at radius 2 is 2.08 bits per heavy atom. The van der Waals surface area contributed by atoms with Gasteiger partial charge in [0, 0.05) is 24.3 Å². The fourth-order valence-electron chi connectivity index (χ4n) is 2.49. The summed E-state index contributed by atoms with van der Waals surface area (Å²) in [6.45, 7) is 1.43. The quantitative estimate of drug-likeness (QED) is 0.796. The lowest BCUT2D eigenvalue weighted by molar-refractivity contribution is -0.125. The van der Waals surface area contributed by atoms with E-state index in [4.69, 9.17) is 9.47 Å². The van der Waals surface area contributed by atoms with E-state index in [1.807, 2.05) is 0 Å². The van der Waals surface area contributed by atoms with Gasteiger partial charge in [-0.15, -0.1) is 11.3 Å². The number of nitrogens with one attached hydrogen (secondary N) is 1. The van der Waals surface area contributed by atoms with E-state index in [2.05, 4.69) is 10.3 Å². The Morgan fingerprint density at radius 3 is 2.72 bits per heavy atom. The van der Waals surface area contributed by atoms with Crippen molar-refractivity contribution in [3.63, 3.8) is 0 Å². The molecule has 3 rings (SSSR count). The van der Waals surface area contributed by atoms with Crippen LogP contribution in [-0.2, 0) is 4.79 Å². The molecule has 8 heteroatoms. The van der Waals surface area contributed by atoms with Crippen molar-refractivity contribution in [2.45, 2.75) is 25.9 Å². The number of carbonyl (C=O) groups is 2. The number of ketones is 1. The first-order valence-corrected chi connectivity index (χ1v) is 8.61. The molecule has 2 aromatic rings. The Balaban J connectivity index is 1.52. The van der Waals surface area contributed by atoms with E-state index in [1.54, 1.807) is 5.38 Å². The Labute approximate surface area is 148 Å². The van der Waals surface area contributed by atoms with Crippen LogP contribution in [0, 0.1) is 11.7 Å².